The lowest BCUT2D eigenvalue weighted by Crippen LogP contribution is -2.39. The zero-order valence-corrected chi connectivity index (χ0v) is 13.0. The molecule has 0 aromatic heterocycles. The fourth-order valence-electron chi connectivity index (χ4n) is 2.77. The van der Waals surface area contributed by atoms with Crippen molar-refractivity contribution >= 4 is 17.5 Å². The Hall–Kier alpha value is -1.06. The van der Waals surface area contributed by atoms with Crippen LogP contribution in [0.3, 0.4) is 0 Å². The predicted molar refractivity (Wildman–Crippen MR) is 83.4 cm³/mol. The molecule has 1 saturated heterocycles. The summed E-state index contributed by atoms with van der Waals surface area (Å²) in [5.74, 6) is 0.865. The Morgan fingerprint density at radius 2 is 2.10 bits per heavy atom. The summed E-state index contributed by atoms with van der Waals surface area (Å²) in [6.45, 7) is 4.74. The first-order valence-electron chi connectivity index (χ1n) is 7.32. The van der Waals surface area contributed by atoms with E-state index in [1.807, 2.05) is 31.0 Å². The maximum atomic E-state index is 12.5. The van der Waals surface area contributed by atoms with Gasteiger partial charge in [-0.3, -0.25) is 4.79 Å². The molecule has 1 aromatic carbocycles. The maximum Gasteiger partial charge on any atom is 0.254 e. The Labute approximate surface area is 126 Å². The first kappa shape index (κ1) is 15.3. The van der Waals surface area contributed by atoms with Crippen molar-refractivity contribution in [3.63, 3.8) is 0 Å². The lowest BCUT2D eigenvalue weighted by Gasteiger charge is -2.32. The standard InChI is InChI=1S/C16H23ClN2O/c1-12-3-4-14(17)11-15(12)16(20)19-9-6-13(7-10-19)5-8-18-2/h3-4,11,13,18H,5-10H2,1-2H3. The Kier molecular flexibility index (Phi) is 5.44. The number of nitrogens with one attached hydrogen (secondary N) is 1. The zero-order valence-electron chi connectivity index (χ0n) is 12.3. The Bertz CT molecular complexity index is 468. The molecule has 110 valence electrons. The third-order valence-electron chi connectivity index (χ3n) is 4.13. The van der Waals surface area contributed by atoms with Crippen LogP contribution in [0.2, 0.25) is 5.02 Å². The second kappa shape index (κ2) is 7.09. The van der Waals surface area contributed by atoms with Crippen LogP contribution in [0, 0.1) is 12.8 Å². The lowest BCUT2D eigenvalue weighted by molar-refractivity contribution is 0.0686. The van der Waals surface area contributed by atoms with Crippen molar-refractivity contribution in [2.24, 2.45) is 5.92 Å². The van der Waals surface area contributed by atoms with E-state index >= 15 is 0 Å². The van der Waals surface area contributed by atoms with Crippen molar-refractivity contribution in [2.45, 2.75) is 26.2 Å². The fraction of sp³-hybridized carbons (Fsp3) is 0.562. The van der Waals surface area contributed by atoms with Gasteiger partial charge in [-0.15, -0.1) is 0 Å². The van der Waals surface area contributed by atoms with Gasteiger partial charge in [-0.25, -0.2) is 0 Å². The Balaban J connectivity index is 1.96. The smallest absolute Gasteiger partial charge is 0.254 e. The molecule has 0 radical (unpaired) electrons. The molecule has 20 heavy (non-hydrogen) atoms. The highest BCUT2D eigenvalue weighted by atomic mass is 35.5. The predicted octanol–water partition coefficient (Wildman–Crippen LogP) is 3.11. The molecule has 0 aliphatic carbocycles. The molecule has 1 N–H and O–H groups in total. The molecule has 0 saturated carbocycles. The number of piperidine rings is 1. The van der Waals surface area contributed by atoms with E-state index in [4.69, 9.17) is 11.6 Å². The van der Waals surface area contributed by atoms with Gasteiger partial charge in [0.2, 0.25) is 0 Å². The summed E-state index contributed by atoms with van der Waals surface area (Å²) < 4.78 is 0. The number of amides is 1. The fourth-order valence-corrected chi connectivity index (χ4v) is 2.94. The highest BCUT2D eigenvalue weighted by Gasteiger charge is 2.24. The molecule has 2 rings (SSSR count). The molecule has 0 bridgehead atoms. The molecule has 0 atom stereocenters. The summed E-state index contributed by atoms with van der Waals surface area (Å²) in [6.07, 6.45) is 3.41. The van der Waals surface area contributed by atoms with Crippen molar-refractivity contribution in [3.05, 3.63) is 34.3 Å². The molecule has 4 heteroatoms. The van der Waals surface area contributed by atoms with Gasteiger partial charge in [0.15, 0.2) is 0 Å². The second-order valence-corrected chi connectivity index (χ2v) is 6.02. The van der Waals surface area contributed by atoms with Crippen LogP contribution in [0.4, 0.5) is 0 Å². The van der Waals surface area contributed by atoms with Gasteiger partial charge in [-0.2, -0.15) is 0 Å². The first-order valence-corrected chi connectivity index (χ1v) is 7.69. The first-order chi connectivity index (χ1) is 9.61. The van der Waals surface area contributed by atoms with Crippen LogP contribution < -0.4 is 5.32 Å². The molecule has 1 aromatic rings. The van der Waals surface area contributed by atoms with E-state index in [0.717, 1.165) is 49.5 Å². The topological polar surface area (TPSA) is 32.3 Å². The van der Waals surface area contributed by atoms with Crippen molar-refractivity contribution in [2.75, 3.05) is 26.7 Å². The van der Waals surface area contributed by atoms with Gasteiger partial charge in [0, 0.05) is 23.7 Å². The Morgan fingerprint density at radius 3 is 2.75 bits per heavy atom. The summed E-state index contributed by atoms with van der Waals surface area (Å²) in [6, 6.07) is 5.53. The number of halogens is 1. The van der Waals surface area contributed by atoms with E-state index in [0.29, 0.717) is 5.02 Å². The number of aryl methyl sites for hydroxylation is 1. The van der Waals surface area contributed by atoms with E-state index in [9.17, 15) is 4.79 Å². The minimum Gasteiger partial charge on any atom is -0.339 e. The van der Waals surface area contributed by atoms with Crippen molar-refractivity contribution in [3.8, 4) is 0 Å². The number of hydrogen-bond acceptors (Lipinski definition) is 2. The maximum absolute atomic E-state index is 12.5. The van der Waals surface area contributed by atoms with Gasteiger partial charge >= 0.3 is 0 Å². The molecule has 1 heterocycles. The average molecular weight is 295 g/mol. The molecule has 3 nitrogen and oxygen atoms in total. The van der Waals surface area contributed by atoms with Crippen molar-refractivity contribution in [1.29, 1.82) is 0 Å². The van der Waals surface area contributed by atoms with E-state index in [2.05, 4.69) is 5.32 Å². The monoisotopic (exact) mass is 294 g/mol. The molecule has 1 fully saturated rings. The summed E-state index contributed by atoms with van der Waals surface area (Å²) in [5.41, 5.74) is 1.74. The summed E-state index contributed by atoms with van der Waals surface area (Å²) in [7, 11) is 1.99. The number of hydrogen-bond donors (Lipinski definition) is 1. The quantitative estimate of drug-likeness (QED) is 0.925. The van der Waals surface area contributed by atoms with E-state index in [1.54, 1.807) is 6.07 Å². The number of carbonyl (C=O) groups is 1. The second-order valence-electron chi connectivity index (χ2n) is 5.59. The summed E-state index contributed by atoms with van der Waals surface area (Å²) >= 11 is 6.00. The molecule has 0 spiro atoms. The normalized spacial score (nSPS) is 16.4. The third-order valence-corrected chi connectivity index (χ3v) is 4.37. The van der Waals surface area contributed by atoms with Gasteiger partial charge in [0.1, 0.15) is 0 Å². The zero-order chi connectivity index (χ0) is 14.5. The van der Waals surface area contributed by atoms with Gasteiger partial charge in [-0.1, -0.05) is 17.7 Å². The summed E-state index contributed by atoms with van der Waals surface area (Å²) in [5, 5.41) is 3.82. The van der Waals surface area contributed by atoms with Crippen LogP contribution in [-0.2, 0) is 0 Å². The van der Waals surface area contributed by atoms with Crippen molar-refractivity contribution in [1.82, 2.24) is 10.2 Å². The van der Waals surface area contributed by atoms with Crippen molar-refractivity contribution < 1.29 is 4.79 Å². The van der Waals surface area contributed by atoms with Gasteiger partial charge in [0.05, 0.1) is 0 Å². The molecular weight excluding hydrogens is 272 g/mol. The van der Waals surface area contributed by atoms with Gasteiger partial charge in [0.25, 0.3) is 5.91 Å². The molecule has 0 unspecified atom stereocenters. The largest absolute Gasteiger partial charge is 0.339 e. The van der Waals surface area contributed by atoms with E-state index < -0.39 is 0 Å². The van der Waals surface area contributed by atoms with E-state index in [-0.39, 0.29) is 5.91 Å². The number of carbonyl (C=O) groups excluding carboxylic acids is 1. The summed E-state index contributed by atoms with van der Waals surface area (Å²) in [4.78, 5) is 14.5. The van der Waals surface area contributed by atoms with Crippen LogP contribution in [0.15, 0.2) is 18.2 Å². The number of rotatable bonds is 4. The molecule has 1 amide bonds. The number of benzene rings is 1. The van der Waals surface area contributed by atoms with Crippen LogP contribution >= 0.6 is 11.6 Å². The van der Waals surface area contributed by atoms with Crippen LogP contribution in [-0.4, -0.2) is 37.5 Å². The van der Waals surface area contributed by atoms with Crippen LogP contribution in [0.25, 0.3) is 0 Å². The van der Waals surface area contributed by atoms with Gasteiger partial charge < -0.3 is 10.2 Å². The minimum atomic E-state index is 0.122. The minimum absolute atomic E-state index is 0.122. The molecule has 1 aliphatic rings. The van der Waals surface area contributed by atoms with Crippen LogP contribution in [0.1, 0.15) is 35.2 Å². The average Bonchev–Trinajstić information content (AvgIpc) is 2.47. The third kappa shape index (κ3) is 3.74. The number of nitrogens with zero attached hydrogens (tertiary/aromatic N) is 1. The van der Waals surface area contributed by atoms with E-state index in [1.165, 1.54) is 6.42 Å². The highest BCUT2D eigenvalue weighted by molar-refractivity contribution is 6.31. The lowest BCUT2D eigenvalue weighted by atomic mass is 9.93. The number of likely N-dealkylation sites (tertiary alicyclic amines) is 1. The molecular formula is C16H23ClN2O. The Morgan fingerprint density at radius 1 is 1.40 bits per heavy atom. The SMILES string of the molecule is CNCCC1CCN(C(=O)c2cc(Cl)ccc2C)CC1. The highest BCUT2D eigenvalue weighted by Crippen LogP contribution is 2.23. The molecule has 1 aliphatic heterocycles. The van der Waals surface area contributed by atoms with Crippen LogP contribution in [0.5, 0.6) is 0 Å². The van der Waals surface area contributed by atoms with Gasteiger partial charge in [-0.05, 0) is 63.4 Å².